The molecule has 1 aromatic rings. The number of amides is 1. The highest BCUT2D eigenvalue weighted by Gasteiger charge is 2.16. The number of anilines is 2. The second-order valence-electron chi connectivity index (χ2n) is 5.47. The van der Waals surface area contributed by atoms with E-state index in [9.17, 15) is 4.79 Å². The van der Waals surface area contributed by atoms with E-state index in [-0.39, 0.29) is 5.91 Å². The van der Waals surface area contributed by atoms with Crippen LogP contribution in [0, 0.1) is 5.92 Å². The third-order valence-electron chi connectivity index (χ3n) is 3.71. The monoisotopic (exact) mass is 292 g/mol. The van der Waals surface area contributed by atoms with Crippen molar-refractivity contribution in [1.82, 2.24) is 0 Å². The van der Waals surface area contributed by atoms with Gasteiger partial charge in [-0.1, -0.05) is 45.2 Å². The van der Waals surface area contributed by atoms with Crippen LogP contribution in [0.2, 0.25) is 0 Å². The molecule has 0 fully saturated rings. The first-order chi connectivity index (χ1) is 10.1. The van der Waals surface area contributed by atoms with E-state index < -0.39 is 6.10 Å². The normalized spacial score (nSPS) is 13.7. The average molecular weight is 292 g/mol. The van der Waals surface area contributed by atoms with E-state index in [0.29, 0.717) is 23.9 Å². The molecule has 4 heteroatoms. The fraction of sp³-hybridized carbons (Fsp3) is 0.588. The van der Waals surface area contributed by atoms with Gasteiger partial charge in [-0.15, -0.1) is 0 Å². The topological polar surface area (TPSA) is 64.3 Å². The molecule has 4 nitrogen and oxygen atoms in total. The molecule has 3 N–H and O–H groups in total. The third kappa shape index (κ3) is 6.17. The Morgan fingerprint density at radius 3 is 2.67 bits per heavy atom. The van der Waals surface area contributed by atoms with Crippen molar-refractivity contribution < 1.29 is 9.53 Å². The fourth-order valence-electron chi connectivity index (χ4n) is 2.10. The number of nitrogens with two attached hydrogens (primary N) is 1. The lowest BCUT2D eigenvalue weighted by Crippen LogP contribution is -2.29. The molecule has 0 radical (unpaired) electrons. The van der Waals surface area contributed by atoms with Gasteiger partial charge in [-0.05, 0) is 31.4 Å². The van der Waals surface area contributed by atoms with Gasteiger partial charge >= 0.3 is 0 Å². The molecule has 21 heavy (non-hydrogen) atoms. The standard InChI is InChI=1S/C17H28N2O2/c1-4-6-9-14(5-2)12-21-13(3)17(20)19-16-11-8-7-10-15(16)18/h7-8,10-11,13-14H,4-6,9,12,18H2,1-3H3,(H,19,20). The van der Waals surface area contributed by atoms with Crippen LogP contribution in [0.5, 0.6) is 0 Å². The molecule has 2 unspecified atom stereocenters. The van der Waals surface area contributed by atoms with Gasteiger partial charge in [0.1, 0.15) is 6.10 Å². The molecule has 0 saturated carbocycles. The first kappa shape index (κ1) is 17.5. The van der Waals surface area contributed by atoms with Gasteiger partial charge < -0.3 is 15.8 Å². The number of rotatable bonds is 9. The summed E-state index contributed by atoms with van der Waals surface area (Å²) in [6.07, 6.45) is 4.18. The van der Waals surface area contributed by atoms with Crippen molar-refractivity contribution in [1.29, 1.82) is 0 Å². The van der Waals surface area contributed by atoms with E-state index in [2.05, 4.69) is 19.2 Å². The minimum absolute atomic E-state index is 0.154. The van der Waals surface area contributed by atoms with Gasteiger partial charge in [-0.3, -0.25) is 4.79 Å². The Morgan fingerprint density at radius 1 is 1.33 bits per heavy atom. The molecule has 1 rings (SSSR count). The van der Waals surface area contributed by atoms with Crippen molar-refractivity contribution in [3.8, 4) is 0 Å². The highest BCUT2D eigenvalue weighted by Crippen LogP contribution is 2.18. The maximum absolute atomic E-state index is 12.1. The molecule has 1 amide bonds. The number of ether oxygens (including phenoxy) is 1. The molecule has 1 aromatic carbocycles. The number of hydrogen-bond acceptors (Lipinski definition) is 3. The van der Waals surface area contributed by atoms with Crippen molar-refractivity contribution in [2.75, 3.05) is 17.7 Å². The average Bonchev–Trinajstić information content (AvgIpc) is 2.49. The van der Waals surface area contributed by atoms with Crippen molar-refractivity contribution in [2.45, 2.75) is 52.6 Å². The van der Waals surface area contributed by atoms with E-state index in [4.69, 9.17) is 10.5 Å². The second kappa shape index (κ2) is 9.40. The van der Waals surface area contributed by atoms with Gasteiger partial charge in [0.05, 0.1) is 18.0 Å². The van der Waals surface area contributed by atoms with Crippen molar-refractivity contribution in [3.63, 3.8) is 0 Å². The molecule has 118 valence electrons. The van der Waals surface area contributed by atoms with Crippen LogP contribution in [-0.4, -0.2) is 18.6 Å². The molecule has 0 bridgehead atoms. The lowest BCUT2D eigenvalue weighted by atomic mass is 10.0. The number of benzene rings is 1. The highest BCUT2D eigenvalue weighted by atomic mass is 16.5. The maximum atomic E-state index is 12.1. The van der Waals surface area contributed by atoms with Crippen LogP contribution in [0.25, 0.3) is 0 Å². The molecule has 0 aliphatic rings. The summed E-state index contributed by atoms with van der Waals surface area (Å²) < 4.78 is 5.71. The zero-order valence-corrected chi connectivity index (χ0v) is 13.4. The quantitative estimate of drug-likeness (QED) is 0.680. The summed E-state index contributed by atoms with van der Waals surface area (Å²) in [5.74, 6) is 0.375. The Kier molecular flexibility index (Phi) is 7.83. The van der Waals surface area contributed by atoms with Crippen LogP contribution in [0.15, 0.2) is 24.3 Å². The lowest BCUT2D eigenvalue weighted by molar-refractivity contribution is -0.127. The fourth-order valence-corrected chi connectivity index (χ4v) is 2.10. The van der Waals surface area contributed by atoms with Crippen LogP contribution in [0.1, 0.15) is 46.5 Å². The van der Waals surface area contributed by atoms with E-state index in [1.54, 1.807) is 19.1 Å². The van der Waals surface area contributed by atoms with Gasteiger partial charge in [-0.2, -0.15) is 0 Å². The minimum Gasteiger partial charge on any atom is -0.397 e. The van der Waals surface area contributed by atoms with E-state index in [0.717, 1.165) is 12.8 Å². The molecular weight excluding hydrogens is 264 g/mol. The first-order valence-corrected chi connectivity index (χ1v) is 7.85. The Bertz CT molecular complexity index is 435. The first-order valence-electron chi connectivity index (χ1n) is 7.85. The largest absolute Gasteiger partial charge is 0.397 e. The molecule has 2 atom stereocenters. The maximum Gasteiger partial charge on any atom is 0.253 e. The van der Waals surface area contributed by atoms with Crippen LogP contribution in [-0.2, 0) is 9.53 Å². The van der Waals surface area contributed by atoms with E-state index in [1.165, 1.54) is 12.8 Å². The highest BCUT2D eigenvalue weighted by molar-refractivity contribution is 5.96. The SMILES string of the molecule is CCCCC(CC)COC(C)C(=O)Nc1ccccc1N. The summed E-state index contributed by atoms with van der Waals surface area (Å²) >= 11 is 0. The molecule has 0 aliphatic heterocycles. The summed E-state index contributed by atoms with van der Waals surface area (Å²) in [4.78, 5) is 12.1. The van der Waals surface area contributed by atoms with Crippen LogP contribution >= 0.6 is 0 Å². The molecule has 0 spiro atoms. The number of hydrogen-bond donors (Lipinski definition) is 2. The number of carbonyl (C=O) groups is 1. The Balaban J connectivity index is 2.42. The Morgan fingerprint density at radius 2 is 2.05 bits per heavy atom. The van der Waals surface area contributed by atoms with Gasteiger partial charge in [0, 0.05) is 0 Å². The Labute approximate surface area is 128 Å². The van der Waals surface area contributed by atoms with Crippen LogP contribution in [0.3, 0.4) is 0 Å². The van der Waals surface area contributed by atoms with Crippen molar-refractivity contribution >= 4 is 17.3 Å². The predicted molar refractivity (Wildman–Crippen MR) is 88.2 cm³/mol. The van der Waals surface area contributed by atoms with Crippen LogP contribution in [0.4, 0.5) is 11.4 Å². The van der Waals surface area contributed by atoms with Crippen molar-refractivity contribution in [2.24, 2.45) is 5.92 Å². The molecular formula is C17H28N2O2. The zero-order valence-electron chi connectivity index (χ0n) is 13.4. The van der Waals surface area contributed by atoms with Gasteiger partial charge in [0.25, 0.3) is 5.91 Å². The summed E-state index contributed by atoms with van der Waals surface area (Å²) in [6.45, 7) is 6.77. The van der Waals surface area contributed by atoms with Gasteiger partial charge in [0.15, 0.2) is 0 Å². The van der Waals surface area contributed by atoms with E-state index >= 15 is 0 Å². The number of unbranched alkanes of at least 4 members (excludes halogenated alkanes) is 1. The second-order valence-corrected chi connectivity index (χ2v) is 5.47. The number of carbonyl (C=O) groups excluding carboxylic acids is 1. The lowest BCUT2D eigenvalue weighted by Gasteiger charge is -2.19. The summed E-state index contributed by atoms with van der Waals surface area (Å²) in [7, 11) is 0. The van der Waals surface area contributed by atoms with Gasteiger partial charge in [-0.25, -0.2) is 0 Å². The van der Waals surface area contributed by atoms with Crippen LogP contribution < -0.4 is 11.1 Å². The number of para-hydroxylation sites is 2. The predicted octanol–water partition coefficient (Wildman–Crippen LogP) is 3.83. The molecule has 0 saturated heterocycles. The number of nitrogen functional groups attached to an aromatic ring is 1. The molecule has 0 heterocycles. The van der Waals surface area contributed by atoms with Crippen molar-refractivity contribution in [3.05, 3.63) is 24.3 Å². The number of nitrogens with one attached hydrogen (secondary N) is 1. The Hall–Kier alpha value is -1.55. The van der Waals surface area contributed by atoms with E-state index in [1.807, 2.05) is 12.1 Å². The third-order valence-corrected chi connectivity index (χ3v) is 3.71. The molecule has 0 aliphatic carbocycles. The van der Waals surface area contributed by atoms with Gasteiger partial charge in [0.2, 0.25) is 0 Å². The summed E-state index contributed by atoms with van der Waals surface area (Å²) in [5.41, 5.74) is 7.01. The summed E-state index contributed by atoms with van der Waals surface area (Å²) in [5, 5.41) is 2.81. The smallest absolute Gasteiger partial charge is 0.253 e. The minimum atomic E-state index is -0.472. The summed E-state index contributed by atoms with van der Waals surface area (Å²) in [6, 6.07) is 7.23. The molecule has 0 aromatic heterocycles. The zero-order chi connectivity index (χ0) is 15.7.